The Morgan fingerprint density at radius 2 is 1.92 bits per heavy atom. The first kappa shape index (κ1) is 28.9. The second-order valence-corrected chi connectivity index (χ2v) is 9.15. The van der Waals surface area contributed by atoms with Crippen LogP contribution >= 0.6 is 0 Å². The SMILES string of the molecule is COCCc1nc2c(N)nc3ccccc3c2n1CCCN(CCC=COCC(=O)OC)C(=O)CN(C)C. The zero-order valence-corrected chi connectivity index (χ0v) is 22.7. The minimum atomic E-state index is -0.445. The Balaban J connectivity index is 1.76. The highest BCUT2D eigenvalue weighted by Crippen LogP contribution is 2.29. The Morgan fingerprint density at radius 3 is 2.66 bits per heavy atom. The van der Waals surface area contributed by atoms with Crippen molar-refractivity contribution in [1.82, 2.24) is 24.3 Å². The number of benzene rings is 1. The third-order valence-corrected chi connectivity index (χ3v) is 6.02. The number of methoxy groups -OCH3 is 2. The van der Waals surface area contributed by atoms with Gasteiger partial charge in [0.2, 0.25) is 5.91 Å². The highest BCUT2D eigenvalue weighted by atomic mass is 16.6. The van der Waals surface area contributed by atoms with Gasteiger partial charge in [-0.3, -0.25) is 4.79 Å². The van der Waals surface area contributed by atoms with Gasteiger partial charge in [0.25, 0.3) is 0 Å². The smallest absolute Gasteiger partial charge is 0.343 e. The number of amides is 1. The number of aromatic nitrogens is 3. The molecule has 0 aliphatic carbocycles. The molecule has 3 rings (SSSR count). The lowest BCUT2D eigenvalue weighted by Gasteiger charge is -2.24. The van der Waals surface area contributed by atoms with Gasteiger partial charge < -0.3 is 34.3 Å². The maximum atomic E-state index is 12.9. The van der Waals surface area contributed by atoms with Crippen molar-refractivity contribution in [1.29, 1.82) is 0 Å². The minimum absolute atomic E-state index is 0.0490. The molecule has 0 atom stereocenters. The molecule has 1 amide bonds. The number of likely N-dealkylation sites (N-methyl/N-ethyl adjacent to an activating group) is 1. The van der Waals surface area contributed by atoms with E-state index < -0.39 is 5.97 Å². The van der Waals surface area contributed by atoms with Crippen LogP contribution in [0.25, 0.3) is 21.9 Å². The number of carbonyl (C=O) groups excluding carboxylic acids is 2. The zero-order chi connectivity index (χ0) is 27.5. The fourth-order valence-corrected chi connectivity index (χ4v) is 4.22. The number of esters is 1. The number of para-hydroxylation sites is 1. The van der Waals surface area contributed by atoms with Gasteiger partial charge in [0.05, 0.1) is 37.6 Å². The quantitative estimate of drug-likeness (QED) is 0.234. The molecule has 2 heterocycles. The van der Waals surface area contributed by atoms with Gasteiger partial charge in [-0.1, -0.05) is 18.2 Å². The van der Waals surface area contributed by atoms with Crippen molar-refractivity contribution in [2.24, 2.45) is 0 Å². The van der Waals surface area contributed by atoms with Crippen LogP contribution in [0.2, 0.25) is 0 Å². The fraction of sp³-hybridized carbons (Fsp3) is 0.481. The number of imidazole rings is 1. The molecule has 38 heavy (non-hydrogen) atoms. The topological polar surface area (TPSA) is 125 Å². The standard InChI is InChI=1S/C27H38N6O5/c1-31(2)18-23(34)32(13-7-8-16-38-19-24(35)37-4)14-9-15-33-22(12-17-36-3)30-25-26(33)20-10-5-6-11-21(20)29-27(25)28/h5-6,8,10-11,16H,7,9,12-15,17-19H2,1-4H3,(H2,28,29). The summed E-state index contributed by atoms with van der Waals surface area (Å²) < 4.78 is 17.2. The maximum Gasteiger partial charge on any atom is 0.343 e. The predicted molar refractivity (Wildman–Crippen MR) is 147 cm³/mol. The summed E-state index contributed by atoms with van der Waals surface area (Å²) in [5.74, 6) is 0.885. The molecule has 2 N–H and O–H groups in total. The monoisotopic (exact) mass is 526 g/mol. The molecule has 206 valence electrons. The van der Waals surface area contributed by atoms with Crippen LogP contribution in [0.5, 0.6) is 0 Å². The third kappa shape index (κ3) is 7.65. The number of hydrogen-bond acceptors (Lipinski definition) is 9. The lowest BCUT2D eigenvalue weighted by molar-refractivity contribution is -0.144. The van der Waals surface area contributed by atoms with Crippen molar-refractivity contribution in [3.05, 3.63) is 42.4 Å². The molecular weight excluding hydrogens is 488 g/mol. The lowest BCUT2D eigenvalue weighted by atomic mass is 10.2. The molecule has 0 saturated heterocycles. The summed E-state index contributed by atoms with van der Waals surface area (Å²) in [6.45, 7) is 2.48. The van der Waals surface area contributed by atoms with Gasteiger partial charge in [-0.15, -0.1) is 0 Å². The Bertz CT molecular complexity index is 1260. The predicted octanol–water partition coefficient (Wildman–Crippen LogP) is 2.23. The van der Waals surface area contributed by atoms with Crippen LogP contribution < -0.4 is 5.73 Å². The summed E-state index contributed by atoms with van der Waals surface area (Å²) in [5.41, 5.74) is 8.75. The van der Waals surface area contributed by atoms with E-state index in [4.69, 9.17) is 20.2 Å². The van der Waals surface area contributed by atoms with E-state index in [2.05, 4.69) is 14.3 Å². The number of fused-ring (bicyclic) bond motifs is 3. The van der Waals surface area contributed by atoms with E-state index in [1.54, 1.807) is 13.2 Å². The van der Waals surface area contributed by atoms with Gasteiger partial charge in [0, 0.05) is 38.6 Å². The third-order valence-electron chi connectivity index (χ3n) is 6.02. The average molecular weight is 527 g/mol. The van der Waals surface area contributed by atoms with Crippen molar-refractivity contribution >= 4 is 39.6 Å². The average Bonchev–Trinajstić information content (AvgIpc) is 3.26. The first-order valence-electron chi connectivity index (χ1n) is 12.6. The normalized spacial score (nSPS) is 11.6. The van der Waals surface area contributed by atoms with E-state index in [1.165, 1.54) is 13.4 Å². The van der Waals surface area contributed by atoms with E-state index in [9.17, 15) is 9.59 Å². The maximum absolute atomic E-state index is 12.9. The highest BCUT2D eigenvalue weighted by molar-refractivity contribution is 6.06. The summed E-state index contributed by atoms with van der Waals surface area (Å²) in [4.78, 5) is 37.2. The van der Waals surface area contributed by atoms with E-state index in [0.717, 1.165) is 28.7 Å². The van der Waals surface area contributed by atoms with E-state index >= 15 is 0 Å². The van der Waals surface area contributed by atoms with Crippen molar-refractivity contribution in [3.63, 3.8) is 0 Å². The van der Waals surface area contributed by atoms with Crippen LogP contribution in [0.4, 0.5) is 5.82 Å². The second-order valence-electron chi connectivity index (χ2n) is 9.15. The van der Waals surface area contributed by atoms with Crippen LogP contribution in [0.15, 0.2) is 36.6 Å². The van der Waals surface area contributed by atoms with E-state index in [-0.39, 0.29) is 12.5 Å². The van der Waals surface area contributed by atoms with Crippen LogP contribution in [0.1, 0.15) is 18.7 Å². The molecule has 0 fully saturated rings. The number of hydrogen-bond donors (Lipinski definition) is 1. The summed E-state index contributed by atoms with van der Waals surface area (Å²) >= 11 is 0. The molecule has 0 aliphatic heterocycles. The minimum Gasteiger partial charge on any atom is -0.490 e. The van der Waals surface area contributed by atoms with Crippen molar-refractivity contribution < 1.29 is 23.8 Å². The van der Waals surface area contributed by atoms with Gasteiger partial charge in [-0.05, 0) is 39.1 Å². The molecule has 0 aliphatic rings. The van der Waals surface area contributed by atoms with Crippen molar-refractivity contribution in [3.8, 4) is 0 Å². The Morgan fingerprint density at radius 1 is 1.13 bits per heavy atom. The number of rotatable bonds is 15. The fourth-order valence-electron chi connectivity index (χ4n) is 4.22. The van der Waals surface area contributed by atoms with E-state index in [1.807, 2.05) is 48.2 Å². The van der Waals surface area contributed by atoms with Gasteiger partial charge in [-0.25, -0.2) is 14.8 Å². The van der Waals surface area contributed by atoms with Gasteiger partial charge in [0.1, 0.15) is 11.3 Å². The molecule has 0 saturated carbocycles. The molecule has 3 aromatic rings. The first-order chi connectivity index (χ1) is 18.3. The number of carbonyl (C=O) groups is 2. The van der Waals surface area contributed by atoms with Crippen molar-refractivity contribution in [2.75, 3.05) is 66.9 Å². The highest BCUT2D eigenvalue weighted by Gasteiger charge is 2.18. The summed E-state index contributed by atoms with van der Waals surface area (Å²) in [6.07, 6.45) is 5.23. The Kier molecular flexibility index (Phi) is 10.9. The molecule has 0 unspecified atom stereocenters. The molecule has 0 radical (unpaired) electrons. The molecular formula is C27H38N6O5. The van der Waals surface area contributed by atoms with Crippen LogP contribution in [0.3, 0.4) is 0 Å². The van der Waals surface area contributed by atoms with E-state index in [0.29, 0.717) is 57.0 Å². The molecule has 1 aromatic carbocycles. The zero-order valence-electron chi connectivity index (χ0n) is 22.7. The Hall–Kier alpha value is -3.70. The van der Waals surface area contributed by atoms with Gasteiger partial charge in [0.15, 0.2) is 12.4 Å². The lowest BCUT2D eigenvalue weighted by Crippen LogP contribution is -2.39. The number of pyridine rings is 1. The molecule has 11 nitrogen and oxygen atoms in total. The summed E-state index contributed by atoms with van der Waals surface area (Å²) in [6, 6.07) is 7.90. The van der Waals surface area contributed by atoms with Crippen LogP contribution in [-0.2, 0) is 36.8 Å². The number of nitrogens with zero attached hydrogens (tertiary/aromatic N) is 5. The number of nitrogens with two attached hydrogens (primary N) is 1. The van der Waals surface area contributed by atoms with Crippen molar-refractivity contribution in [2.45, 2.75) is 25.8 Å². The number of ether oxygens (including phenoxy) is 3. The number of anilines is 1. The first-order valence-corrected chi connectivity index (χ1v) is 12.6. The molecule has 2 aromatic heterocycles. The molecule has 11 heteroatoms. The van der Waals surface area contributed by atoms with Crippen LogP contribution in [0, 0.1) is 0 Å². The largest absolute Gasteiger partial charge is 0.490 e. The van der Waals surface area contributed by atoms with Gasteiger partial charge >= 0.3 is 5.97 Å². The van der Waals surface area contributed by atoms with Gasteiger partial charge in [-0.2, -0.15) is 0 Å². The molecule has 0 spiro atoms. The second kappa shape index (κ2) is 14.3. The number of aryl methyl sites for hydroxylation is 1. The Labute approximate surface area is 223 Å². The molecule has 0 bridgehead atoms. The summed E-state index contributed by atoms with van der Waals surface area (Å²) in [7, 11) is 6.73. The number of nitrogen functional groups attached to an aromatic ring is 1. The summed E-state index contributed by atoms with van der Waals surface area (Å²) in [5, 5.41) is 0.991. The van der Waals surface area contributed by atoms with Crippen LogP contribution in [-0.4, -0.2) is 97.4 Å².